The Hall–Kier alpha value is -2.28. The molecule has 30 heavy (non-hydrogen) atoms. The molecule has 0 aliphatic rings. The van der Waals surface area contributed by atoms with Crippen LogP contribution in [-0.4, -0.2) is 35.8 Å². The van der Waals surface area contributed by atoms with Gasteiger partial charge in [-0.2, -0.15) is 0 Å². The van der Waals surface area contributed by atoms with Crippen LogP contribution in [0.3, 0.4) is 0 Å². The molecule has 0 aliphatic carbocycles. The number of amides is 1. The smallest absolute Gasteiger partial charge is 0.220 e. The molecule has 2 rings (SSSR count). The molecule has 0 fully saturated rings. The third kappa shape index (κ3) is 7.20. The molecule has 0 radical (unpaired) electrons. The third-order valence-corrected chi connectivity index (χ3v) is 5.40. The number of carbonyl (C=O) groups is 1. The monoisotopic (exact) mass is 431 g/mol. The fraction of sp³-hybridized carbons (Fsp3) is 0.522. The van der Waals surface area contributed by atoms with Gasteiger partial charge in [-0.15, -0.1) is 0 Å². The van der Waals surface area contributed by atoms with Crippen LogP contribution in [0.1, 0.15) is 49.2 Å². The van der Waals surface area contributed by atoms with Crippen LogP contribution >= 0.6 is 11.8 Å². The minimum absolute atomic E-state index is 0.000954. The summed E-state index contributed by atoms with van der Waals surface area (Å²) >= 11 is 1.52. The fourth-order valence-electron chi connectivity index (χ4n) is 3.04. The lowest BCUT2D eigenvalue weighted by atomic mass is 10.1. The highest BCUT2D eigenvalue weighted by Crippen LogP contribution is 2.28. The highest BCUT2D eigenvalue weighted by atomic mass is 32.2. The summed E-state index contributed by atoms with van der Waals surface area (Å²) in [4.78, 5) is 21.3. The Labute approximate surface area is 184 Å². The molecule has 1 N–H and O–H groups in total. The second kappa shape index (κ2) is 11.8. The first-order valence-corrected chi connectivity index (χ1v) is 11.5. The van der Waals surface area contributed by atoms with Gasteiger partial charge < -0.3 is 14.8 Å². The summed E-state index contributed by atoms with van der Waals surface area (Å²) in [6.45, 7) is 9.38. The number of hydrogen-bond donors (Lipinski definition) is 1. The molecule has 0 bridgehead atoms. The summed E-state index contributed by atoms with van der Waals surface area (Å²) in [5.41, 5.74) is 3.90. The van der Waals surface area contributed by atoms with E-state index in [9.17, 15) is 4.79 Å². The Kier molecular flexibility index (Phi) is 9.43. The lowest BCUT2D eigenvalue weighted by Gasteiger charge is -2.14. The van der Waals surface area contributed by atoms with Gasteiger partial charge in [0.2, 0.25) is 5.91 Å². The van der Waals surface area contributed by atoms with Crippen molar-refractivity contribution in [1.29, 1.82) is 0 Å². The van der Waals surface area contributed by atoms with Gasteiger partial charge in [-0.05, 0) is 62.1 Å². The molecule has 0 unspecified atom stereocenters. The van der Waals surface area contributed by atoms with Crippen molar-refractivity contribution in [2.45, 2.75) is 58.7 Å². The van der Waals surface area contributed by atoms with E-state index in [1.54, 1.807) is 7.11 Å². The molecule has 1 aromatic carbocycles. The number of rotatable bonds is 11. The number of ether oxygens (including phenoxy) is 2. The van der Waals surface area contributed by atoms with Gasteiger partial charge in [0.05, 0.1) is 13.7 Å². The van der Waals surface area contributed by atoms with Gasteiger partial charge in [-0.3, -0.25) is 4.79 Å². The van der Waals surface area contributed by atoms with Crippen LogP contribution in [0.4, 0.5) is 0 Å². The Balaban J connectivity index is 1.88. The minimum Gasteiger partial charge on any atom is -0.493 e. The molecule has 1 aromatic heterocycles. The van der Waals surface area contributed by atoms with Crippen molar-refractivity contribution in [3.8, 4) is 11.5 Å². The number of benzene rings is 1. The highest BCUT2D eigenvalue weighted by molar-refractivity contribution is 7.98. The van der Waals surface area contributed by atoms with Crippen LogP contribution in [0.2, 0.25) is 0 Å². The van der Waals surface area contributed by atoms with E-state index in [0.29, 0.717) is 37.7 Å². The molecular weight excluding hydrogens is 398 g/mol. The van der Waals surface area contributed by atoms with Crippen molar-refractivity contribution in [2.75, 3.05) is 20.0 Å². The lowest BCUT2D eigenvalue weighted by molar-refractivity contribution is -0.121. The van der Waals surface area contributed by atoms with Gasteiger partial charge in [-0.1, -0.05) is 31.7 Å². The Morgan fingerprint density at radius 1 is 1.17 bits per heavy atom. The number of hydrogen-bond acceptors (Lipinski definition) is 6. The van der Waals surface area contributed by atoms with E-state index in [2.05, 4.69) is 29.1 Å². The largest absolute Gasteiger partial charge is 0.493 e. The first kappa shape index (κ1) is 24.0. The molecule has 1 heterocycles. The lowest BCUT2D eigenvalue weighted by Crippen LogP contribution is -2.23. The topological polar surface area (TPSA) is 73.3 Å². The minimum atomic E-state index is -0.000954. The number of thioether (sulfide) groups is 1. The molecule has 7 heteroatoms. The molecule has 0 spiro atoms. The zero-order chi connectivity index (χ0) is 22.1. The Morgan fingerprint density at radius 2 is 1.87 bits per heavy atom. The van der Waals surface area contributed by atoms with Crippen molar-refractivity contribution in [1.82, 2.24) is 15.3 Å². The van der Waals surface area contributed by atoms with Crippen molar-refractivity contribution in [2.24, 2.45) is 5.92 Å². The zero-order valence-electron chi connectivity index (χ0n) is 18.9. The van der Waals surface area contributed by atoms with Crippen molar-refractivity contribution in [3.05, 3.63) is 40.7 Å². The van der Waals surface area contributed by atoms with Crippen molar-refractivity contribution in [3.63, 3.8) is 0 Å². The molecule has 164 valence electrons. The van der Waals surface area contributed by atoms with Gasteiger partial charge in [0.25, 0.3) is 0 Å². The Bertz CT molecular complexity index is 833. The number of nitrogens with one attached hydrogen (secondary N) is 1. The maximum Gasteiger partial charge on any atom is 0.220 e. The predicted octanol–water partition coefficient (Wildman–Crippen LogP) is 4.50. The third-order valence-electron chi connectivity index (χ3n) is 4.86. The summed E-state index contributed by atoms with van der Waals surface area (Å²) in [6, 6.07) is 5.77. The summed E-state index contributed by atoms with van der Waals surface area (Å²) in [5, 5.41) is 3.75. The quantitative estimate of drug-likeness (QED) is 0.417. The van der Waals surface area contributed by atoms with E-state index in [-0.39, 0.29) is 5.91 Å². The molecule has 2 aromatic rings. The van der Waals surface area contributed by atoms with Crippen molar-refractivity contribution < 1.29 is 14.3 Å². The average Bonchev–Trinajstić information content (AvgIpc) is 2.71. The molecule has 0 saturated heterocycles. The predicted molar refractivity (Wildman–Crippen MR) is 121 cm³/mol. The molecule has 6 nitrogen and oxygen atoms in total. The molecule has 0 saturated carbocycles. The van der Waals surface area contributed by atoms with E-state index in [1.807, 2.05) is 38.3 Å². The van der Waals surface area contributed by atoms with Gasteiger partial charge in [0.1, 0.15) is 0 Å². The highest BCUT2D eigenvalue weighted by Gasteiger charge is 2.11. The maximum absolute atomic E-state index is 12.3. The summed E-state index contributed by atoms with van der Waals surface area (Å²) in [7, 11) is 1.63. The molecule has 1 amide bonds. The summed E-state index contributed by atoms with van der Waals surface area (Å²) in [6.07, 6.45) is 3.98. The van der Waals surface area contributed by atoms with E-state index in [4.69, 9.17) is 9.47 Å². The van der Waals surface area contributed by atoms with Crippen LogP contribution in [0.15, 0.2) is 23.4 Å². The number of methoxy groups -OCH3 is 1. The van der Waals surface area contributed by atoms with E-state index >= 15 is 0 Å². The average molecular weight is 432 g/mol. The number of nitrogens with zero attached hydrogens (tertiary/aromatic N) is 2. The summed E-state index contributed by atoms with van der Waals surface area (Å²) in [5.74, 6) is 2.00. The second-order valence-electron chi connectivity index (χ2n) is 7.65. The van der Waals surface area contributed by atoms with Crippen LogP contribution in [0.5, 0.6) is 11.5 Å². The van der Waals surface area contributed by atoms with Crippen molar-refractivity contribution >= 4 is 17.7 Å². The van der Waals surface area contributed by atoms with Gasteiger partial charge in [0.15, 0.2) is 16.7 Å². The van der Waals surface area contributed by atoms with Gasteiger partial charge in [-0.25, -0.2) is 9.97 Å². The Morgan fingerprint density at radius 3 is 2.47 bits per heavy atom. The maximum atomic E-state index is 12.3. The van der Waals surface area contributed by atoms with E-state index in [1.165, 1.54) is 11.8 Å². The van der Waals surface area contributed by atoms with Gasteiger partial charge >= 0.3 is 0 Å². The number of aromatic nitrogens is 2. The van der Waals surface area contributed by atoms with Gasteiger partial charge in [0, 0.05) is 24.4 Å². The molecule has 0 aliphatic heterocycles. The first-order valence-electron chi connectivity index (χ1n) is 10.3. The zero-order valence-corrected chi connectivity index (χ0v) is 19.7. The number of aryl methyl sites for hydroxylation is 2. The normalized spacial score (nSPS) is 10.9. The van der Waals surface area contributed by atoms with Crippen LogP contribution < -0.4 is 14.8 Å². The first-order chi connectivity index (χ1) is 14.3. The molecular formula is C23H33N3O3S. The van der Waals surface area contributed by atoms with Crippen LogP contribution in [0.25, 0.3) is 0 Å². The summed E-state index contributed by atoms with van der Waals surface area (Å²) < 4.78 is 11.3. The van der Waals surface area contributed by atoms with E-state index in [0.717, 1.165) is 39.8 Å². The van der Waals surface area contributed by atoms with Crippen LogP contribution in [0, 0.1) is 19.8 Å². The van der Waals surface area contributed by atoms with Crippen LogP contribution in [-0.2, 0) is 17.8 Å². The number of carbonyl (C=O) groups excluding carboxylic acids is 1. The van der Waals surface area contributed by atoms with E-state index < -0.39 is 0 Å². The SMILES string of the molecule is COc1cc(CNC(=O)CCc2c(C)nc(SC)nc2C)ccc1OCCC(C)C. The molecule has 0 atom stereocenters. The fourth-order valence-corrected chi connectivity index (χ4v) is 3.49. The second-order valence-corrected chi connectivity index (χ2v) is 8.43. The standard InChI is InChI=1S/C23H33N3O3S/c1-15(2)11-12-29-20-9-7-18(13-21(20)28-5)14-24-22(27)10-8-19-16(3)25-23(30-6)26-17(19)4/h7,9,13,15H,8,10-12,14H2,1-6H3,(H,24,27).